The maximum absolute atomic E-state index is 12.5. The van der Waals surface area contributed by atoms with Crippen LogP contribution in [-0.2, 0) is 72.0 Å². The van der Waals surface area contributed by atoms with Crippen LogP contribution in [0.1, 0.15) is 169 Å². The Kier molecular flexibility index (Phi) is 51.2. The van der Waals surface area contributed by atoms with Crippen LogP contribution in [0.4, 0.5) is 34.1 Å². The summed E-state index contributed by atoms with van der Waals surface area (Å²) in [5, 5.41) is 146. The van der Waals surface area contributed by atoms with Crippen LogP contribution >= 0.6 is 0 Å². The number of hydrogen-bond donors (Lipinski definition) is 15. The molecule has 6 rings (SSSR count). The lowest BCUT2D eigenvalue weighted by atomic mass is 9.95. The number of aromatic carboxylic acids is 1. The van der Waals surface area contributed by atoms with Crippen molar-refractivity contribution in [3.63, 3.8) is 0 Å². The molecular weight excluding hydrogens is 1440 g/mol. The summed E-state index contributed by atoms with van der Waals surface area (Å²) in [6.45, 7) is 24.0. The first kappa shape index (κ1) is 101. The zero-order chi connectivity index (χ0) is 84.9. The minimum Gasteiger partial charge on any atom is -0.507 e. The fraction of sp³-hybridized carbons (Fsp3) is 0.333. The van der Waals surface area contributed by atoms with Gasteiger partial charge in [-0.15, -0.1) is 0 Å². The number of carbonyl (C=O) groups excluding carboxylic acids is 4. The SMILES string of the molecule is CC.CC.CC.CC.CC.CC.O=C(O)CC(CC(=O)c1cc(N=Nc2ccc(CC(=O)NC(CC(=O)O)C(=O)O)cc2)ccc1O)C(=O)O.O=C(O)CC(NC(=O)Cc1ccc(N=Nc2ccc(O)c(C(=O)O)c2)cc1)C(=O)O.O=C(O)Cc1ccc(N=Nc2ccc(O)c(C(=O)CC(CC(=O)O)C(=O)O)c2)cc1. The number of carbonyl (C=O) groups is 14. The van der Waals surface area contributed by atoms with Gasteiger partial charge < -0.3 is 77.0 Å². The largest absolute Gasteiger partial charge is 0.507 e. The summed E-state index contributed by atoms with van der Waals surface area (Å²) in [5.74, 6) is -20.5. The highest BCUT2D eigenvalue weighted by molar-refractivity contribution is 6.02. The molecule has 0 aliphatic rings. The summed E-state index contributed by atoms with van der Waals surface area (Å²) >= 11 is 0. The Morgan fingerprint density at radius 1 is 0.282 bits per heavy atom. The number of azo groups is 3. The number of Topliss-reactive ketones (excluding diaryl/α,β-unsaturated/α-hetero) is 2. The first-order valence-electron chi connectivity index (χ1n) is 34.1. The second-order valence-electron chi connectivity index (χ2n) is 20.6. The monoisotopic (exact) mass is 1540 g/mol. The average Bonchev–Trinajstić information content (AvgIpc) is 0.846. The molecule has 35 nitrogen and oxygen atoms in total. The number of benzene rings is 6. The molecule has 0 saturated carbocycles. The highest BCUT2D eigenvalue weighted by Crippen LogP contribution is 2.31. The van der Waals surface area contributed by atoms with Crippen molar-refractivity contribution in [2.75, 3.05) is 0 Å². The van der Waals surface area contributed by atoms with Gasteiger partial charge in [0.2, 0.25) is 11.8 Å². The minimum absolute atomic E-state index is 0.125. The van der Waals surface area contributed by atoms with Crippen molar-refractivity contribution in [3.05, 3.63) is 161 Å². The summed E-state index contributed by atoms with van der Waals surface area (Å²) < 4.78 is 0. The van der Waals surface area contributed by atoms with Crippen molar-refractivity contribution in [1.82, 2.24) is 10.6 Å². The topological polar surface area (TPSA) is 600 Å². The van der Waals surface area contributed by atoms with E-state index < -0.39 is 163 Å². The highest BCUT2D eigenvalue weighted by atomic mass is 16.4. The van der Waals surface area contributed by atoms with E-state index in [1.165, 1.54) is 78.9 Å². The molecule has 2 amide bonds. The van der Waals surface area contributed by atoms with E-state index in [1.54, 1.807) is 36.4 Å². The molecule has 0 aliphatic carbocycles. The highest BCUT2D eigenvalue weighted by Gasteiger charge is 2.29. The number of rotatable bonds is 33. The van der Waals surface area contributed by atoms with E-state index in [0.717, 1.165) is 12.1 Å². The van der Waals surface area contributed by atoms with Gasteiger partial charge >= 0.3 is 59.7 Å². The van der Waals surface area contributed by atoms with Crippen LogP contribution in [-0.4, -0.2) is 162 Å². The van der Waals surface area contributed by atoms with Crippen LogP contribution in [0.5, 0.6) is 17.2 Å². The van der Waals surface area contributed by atoms with Crippen LogP contribution in [0.2, 0.25) is 0 Å². The number of phenols is 3. The zero-order valence-electron chi connectivity index (χ0n) is 62.5. The van der Waals surface area contributed by atoms with Gasteiger partial charge in [0.25, 0.3) is 0 Å². The number of ketones is 2. The lowest BCUT2D eigenvalue weighted by Crippen LogP contribution is -2.42. The maximum Gasteiger partial charge on any atom is 0.339 e. The number of nitrogens with one attached hydrogen (secondary N) is 2. The molecule has 0 aliphatic heterocycles. The molecule has 596 valence electrons. The molecule has 6 aromatic carbocycles. The summed E-state index contributed by atoms with van der Waals surface area (Å²) in [4.78, 5) is 158. The van der Waals surface area contributed by atoms with Crippen molar-refractivity contribution in [2.45, 2.75) is 153 Å². The third kappa shape index (κ3) is 40.7. The van der Waals surface area contributed by atoms with Gasteiger partial charge in [-0.2, -0.15) is 30.7 Å². The standard InChI is InChI=1S/C24H23N3O11.C20H18N2O8.C19H17N3O8.6C2H6/c28-18-6-5-15(10-16(18)19(29)8-13(23(35)36)9-21(31)32)27-26-14-3-1-12(2-4-14)7-20(30)25-17(24(37)38)11-22(33)34;23-16-6-5-14(22-21-13-3-1-11(2-4-13)7-18(25)26)10-15(16)17(24)8-12(20(29)30)9-19(27)28;23-15-6-5-12(8-13(15)18(27)28)22-21-11-3-1-10(2-4-11)7-16(24)20-14(19(29)30)9-17(25)26;6*1-2/h1-6,10,13,17,28H,7-9,11H2,(H,25,30)(H,31,32)(H,33,34)(H,35,36)(H,37,38);1-6,10,12,23H,7-9H2,(H,25,26)(H,27,28)(H,29,30);1-6,8,14,23H,7,9H2,(H,20,24)(H,25,26)(H,27,28)(H,29,30);6*1-2H3. The van der Waals surface area contributed by atoms with Crippen LogP contribution in [0.25, 0.3) is 0 Å². The van der Waals surface area contributed by atoms with Crippen LogP contribution in [0, 0.1) is 11.8 Å². The molecule has 0 spiro atoms. The Hall–Kier alpha value is -13.5. The molecule has 4 atom stereocenters. The van der Waals surface area contributed by atoms with E-state index in [0.29, 0.717) is 33.8 Å². The van der Waals surface area contributed by atoms with E-state index in [4.69, 9.17) is 51.1 Å². The molecular formula is C75H94N8O27. The Bertz CT molecular complexity index is 4100. The third-order valence-electron chi connectivity index (χ3n) is 12.9. The number of carboxylic acid groups (broad SMARTS) is 10. The van der Waals surface area contributed by atoms with E-state index >= 15 is 0 Å². The number of hydrogen-bond acceptors (Lipinski definition) is 23. The van der Waals surface area contributed by atoms with Crippen molar-refractivity contribution in [1.29, 1.82) is 0 Å². The molecule has 0 fully saturated rings. The quantitative estimate of drug-likeness (QED) is 0.0134. The van der Waals surface area contributed by atoms with Gasteiger partial charge in [-0.3, -0.25) is 52.7 Å². The fourth-order valence-corrected chi connectivity index (χ4v) is 8.13. The normalized spacial score (nSPS) is 11.1. The Labute approximate surface area is 632 Å². The number of carboxylic acids is 10. The molecule has 0 aromatic heterocycles. The van der Waals surface area contributed by atoms with E-state index in [-0.39, 0.29) is 53.0 Å². The molecule has 110 heavy (non-hydrogen) atoms. The van der Waals surface area contributed by atoms with Crippen molar-refractivity contribution in [3.8, 4) is 17.2 Å². The van der Waals surface area contributed by atoms with Gasteiger partial charge in [0.05, 0.1) is 102 Å². The molecule has 15 N–H and O–H groups in total. The number of amides is 2. The second kappa shape index (κ2) is 55.9. The van der Waals surface area contributed by atoms with Gasteiger partial charge in [0.1, 0.15) is 34.9 Å². The number of aliphatic carboxylic acids is 9. The summed E-state index contributed by atoms with van der Waals surface area (Å²) in [6.07, 6.45) is -4.74. The first-order chi connectivity index (χ1) is 52.2. The number of aromatic hydroxyl groups is 3. The second-order valence-corrected chi connectivity index (χ2v) is 20.6. The van der Waals surface area contributed by atoms with E-state index in [1.807, 2.05) is 83.1 Å². The maximum atomic E-state index is 12.5. The Morgan fingerprint density at radius 3 is 0.755 bits per heavy atom. The number of nitrogens with zero attached hydrogens (tertiary/aromatic N) is 6. The lowest BCUT2D eigenvalue weighted by Gasteiger charge is -2.12. The summed E-state index contributed by atoms with van der Waals surface area (Å²) in [6, 6.07) is 26.6. The van der Waals surface area contributed by atoms with E-state index in [9.17, 15) is 82.4 Å². The van der Waals surface area contributed by atoms with Crippen LogP contribution in [0.3, 0.4) is 0 Å². The van der Waals surface area contributed by atoms with Gasteiger partial charge in [-0.1, -0.05) is 119 Å². The minimum atomic E-state index is -1.57. The molecule has 0 saturated heterocycles. The third-order valence-corrected chi connectivity index (χ3v) is 12.9. The Morgan fingerprint density at radius 2 is 0.518 bits per heavy atom. The fourth-order valence-electron chi connectivity index (χ4n) is 8.13. The summed E-state index contributed by atoms with van der Waals surface area (Å²) in [5.41, 5.74) is 2.57. The van der Waals surface area contributed by atoms with Gasteiger partial charge in [-0.05, 0) is 108 Å². The molecule has 4 unspecified atom stereocenters. The van der Waals surface area contributed by atoms with Crippen molar-refractivity contribution >= 4 is 117 Å². The van der Waals surface area contributed by atoms with E-state index in [2.05, 4.69) is 41.3 Å². The zero-order valence-corrected chi connectivity index (χ0v) is 62.5. The Balaban J connectivity index is -0.00000147. The van der Waals surface area contributed by atoms with Gasteiger partial charge in [0, 0.05) is 12.8 Å². The molecule has 0 radical (unpaired) electrons. The van der Waals surface area contributed by atoms with Crippen molar-refractivity contribution in [2.24, 2.45) is 42.5 Å². The summed E-state index contributed by atoms with van der Waals surface area (Å²) in [7, 11) is 0. The van der Waals surface area contributed by atoms with Crippen LogP contribution < -0.4 is 10.6 Å². The first-order valence-corrected chi connectivity index (χ1v) is 34.1. The predicted molar refractivity (Wildman–Crippen MR) is 398 cm³/mol. The number of phenolic OH excluding ortho intramolecular Hbond substituents is 2. The van der Waals surface area contributed by atoms with Gasteiger partial charge in [0.15, 0.2) is 11.6 Å². The predicted octanol–water partition coefficient (Wildman–Crippen LogP) is 13.6. The smallest absolute Gasteiger partial charge is 0.339 e. The molecule has 35 heteroatoms. The lowest BCUT2D eigenvalue weighted by molar-refractivity contribution is -0.148. The van der Waals surface area contributed by atoms with Gasteiger partial charge in [-0.25, -0.2) is 14.4 Å². The molecule has 0 bridgehead atoms. The average molecular weight is 1540 g/mol. The van der Waals surface area contributed by atoms with Crippen LogP contribution in [0.15, 0.2) is 158 Å². The van der Waals surface area contributed by atoms with Crippen molar-refractivity contribution < 1.29 is 134 Å². The molecule has 6 aromatic rings. The molecule has 0 heterocycles.